The normalized spacial score (nSPS) is 19.2. The van der Waals surface area contributed by atoms with Gasteiger partial charge in [0.1, 0.15) is 11.9 Å². The molecule has 0 radical (unpaired) electrons. The second-order valence-corrected chi connectivity index (χ2v) is 4.61. The van der Waals surface area contributed by atoms with Crippen LogP contribution in [0, 0.1) is 5.82 Å². The molecule has 1 fully saturated rings. The average Bonchev–Trinajstić information content (AvgIpc) is 2.38. The number of carbonyl (C=O) groups is 2. The van der Waals surface area contributed by atoms with Crippen LogP contribution in [0.3, 0.4) is 0 Å². The second-order valence-electron chi connectivity index (χ2n) is 4.61. The van der Waals surface area contributed by atoms with Crippen molar-refractivity contribution < 1.29 is 14.0 Å². The van der Waals surface area contributed by atoms with Crippen molar-refractivity contribution in [2.45, 2.75) is 25.8 Å². The Bertz CT molecular complexity index is 490. The van der Waals surface area contributed by atoms with Gasteiger partial charge in [-0.25, -0.2) is 4.39 Å². The van der Waals surface area contributed by atoms with Crippen molar-refractivity contribution in [2.24, 2.45) is 0 Å². The van der Waals surface area contributed by atoms with Gasteiger partial charge in [0.2, 0.25) is 11.8 Å². The number of piperazine rings is 1. The van der Waals surface area contributed by atoms with Crippen molar-refractivity contribution in [3.63, 3.8) is 0 Å². The van der Waals surface area contributed by atoms with Gasteiger partial charge in [-0.05, 0) is 24.1 Å². The topological polar surface area (TPSA) is 49.4 Å². The summed E-state index contributed by atoms with van der Waals surface area (Å²) in [6.07, 6.45) is 0.711. The summed E-state index contributed by atoms with van der Waals surface area (Å²) < 4.78 is 13.1. The molecular formula is C14H17FN2O2. The quantitative estimate of drug-likeness (QED) is 0.889. The van der Waals surface area contributed by atoms with Gasteiger partial charge in [-0.1, -0.05) is 19.1 Å². The van der Waals surface area contributed by atoms with Crippen LogP contribution in [0.15, 0.2) is 24.3 Å². The highest BCUT2D eigenvalue weighted by Gasteiger charge is 2.31. The lowest BCUT2D eigenvalue weighted by Gasteiger charge is -2.34. The molecule has 19 heavy (non-hydrogen) atoms. The van der Waals surface area contributed by atoms with Gasteiger partial charge in [-0.2, -0.15) is 0 Å². The van der Waals surface area contributed by atoms with Crippen molar-refractivity contribution in [1.29, 1.82) is 0 Å². The molecule has 0 aliphatic carbocycles. The molecule has 0 saturated carbocycles. The van der Waals surface area contributed by atoms with E-state index in [1.54, 1.807) is 17.0 Å². The summed E-state index contributed by atoms with van der Waals surface area (Å²) in [7, 11) is 0. The van der Waals surface area contributed by atoms with Gasteiger partial charge in [-0.15, -0.1) is 0 Å². The van der Waals surface area contributed by atoms with Crippen LogP contribution in [0.5, 0.6) is 0 Å². The fourth-order valence-corrected chi connectivity index (χ4v) is 2.34. The molecular weight excluding hydrogens is 247 g/mol. The number of benzene rings is 1. The van der Waals surface area contributed by atoms with Gasteiger partial charge in [0.25, 0.3) is 0 Å². The Labute approximate surface area is 111 Å². The fourth-order valence-electron chi connectivity index (χ4n) is 2.34. The van der Waals surface area contributed by atoms with Crippen molar-refractivity contribution in [1.82, 2.24) is 10.2 Å². The first kappa shape index (κ1) is 13.5. The highest BCUT2D eigenvalue weighted by molar-refractivity contribution is 5.89. The van der Waals surface area contributed by atoms with Crippen molar-refractivity contribution in [2.75, 3.05) is 13.1 Å². The molecule has 5 heteroatoms. The Hall–Kier alpha value is -1.91. The number of amides is 2. The third-order valence-electron chi connectivity index (χ3n) is 3.28. The standard InChI is InChI=1S/C14H17FN2O2/c1-2-12-14(19)16-6-7-17(12)13(18)9-10-4-3-5-11(15)8-10/h3-5,8,12H,2,6-7,9H2,1H3,(H,16,19). The molecule has 1 atom stereocenters. The SMILES string of the molecule is CCC1C(=O)NCCN1C(=O)Cc1cccc(F)c1. The fraction of sp³-hybridized carbons (Fsp3) is 0.429. The lowest BCUT2D eigenvalue weighted by atomic mass is 10.1. The molecule has 1 unspecified atom stereocenters. The molecule has 102 valence electrons. The summed E-state index contributed by atoms with van der Waals surface area (Å²) in [5.41, 5.74) is 0.630. The highest BCUT2D eigenvalue weighted by Crippen LogP contribution is 2.12. The van der Waals surface area contributed by atoms with E-state index in [1.807, 2.05) is 6.92 Å². The number of rotatable bonds is 3. The maximum atomic E-state index is 13.1. The molecule has 1 aromatic rings. The monoisotopic (exact) mass is 264 g/mol. The largest absolute Gasteiger partial charge is 0.353 e. The number of halogens is 1. The number of nitrogens with one attached hydrogen (secondary N) is 1. The number of nitrogens with zero attached hydrogens (tertiary/aromatic N) is 1. The maximum Gasteiger partial charge on any atom is 0.242 e. The molecule has 1 aromatic carbocycles. The van der Waals surface area contributed by atoms with E-state index in [-0.39, 0.29) is 24.1 Å². The minimum absolute atomic E-state index is 0.110. The van der Waals surface area contributed by atoms with E-state index in [4.69, 9.17) is 0 Å². The summed E-state index contributed by atoms with van der Waals surface area (Å²) in [5.74, 6) is -0.595. The van der Waals surface area contributed by atoms with E-state index in [0.717, 1.165) is 0 Å². The van der Waals surface area contributed by atoms with Gasteiger partial charge in [-0.3, -0.25) is 9.59 Å². The number of hydrogen-bond donors (Lipinski definition) is 1. The zero-order chi connectivity index (χ0) is 13.8. The minimum Gasteiger partial charge on any atom is -0.353 e. The first-order valence-corrected chi connectivity index (χ1v) is 6.43. The van der Waals surface area contributed by atoms with Gasteiger partial charge < -0.3 is 10.2 Å². The van der Waals surface area contributed by atoms with Crippen molar-refractivity contribution in [3.8, 4) is 0 Å². The third kappa shape index (κ3) is 3.10. The van der Waals surface area contributed by atoms with Crippen molar-refractivity contribution >= 4 is 11.8 Å². The summed E-state index contributed by atoms with van der Waals surface area (Å²) in [4.78, 5) is 25.5. The molecule has 1 N–H and O–H groups in total. The van der Waals surface area contributed by atoms with E-state index < -0.39 is 6.04 Å². The molecule has 4 nitrogen and oxygen atoms in total. The summed E-state index contributed by atoms with van der Waals surface area (Å²) in [6.45, 7) is 2.86. The Morgan fingerprint density at radius 3 is 3.00 bits per heavy atom. The van der Waals surface area contributed by atoms with Crippen LogP contribution < -0.4 is 5.32 Å². The van der Waals surface area contributed by atoms with E-state index in [1.165, 1.54) is 12.1 Å². The molecule has 0 aromatic heterocycles. The summed E-state index contributed by atoms with van der Waals surface area (Å²) in [5, 5.41) is 2.75. The van der Waals surface area contributed by atoms with Crippen LogP contribution in [-0.4, -0.2) is 35.8 Å². The molecule has 0 spiro atoms. The van der Waals surface area contributed by atoms with E-state index in [9.17, 15) is 14.0 Å². The second kappa shape index (κ2) is 5.82. The van der Waals surface area contributed by atoms with Gasteiger partial charge >= 0.3 is 0 Å². The van der Waals surface area contributed by atoms with Crippen LogP contribution >= 0.6 is 0 Å². The smallest absolute Gasteiger partial charge is 0.242 e. The Balaban J connectivity index is 2.08. The maximum absolute atomic E-state index is 13.1. The zero-order valence-corrected chi connectivity index (χ0v) is 10.9. The molecule has 1 aliphatic heterocycles. The molecule has 2 rings (SSSR count). The van der Waals surface area contributed by atoms with Gasteiger partial charge in [0.15, 0.2) is 0 Å². The van der Waals surface area contributed by atoms with E-state index in [0.29, 0.717) is 25.1 Å². The van der Waals surface area contributed by atoms with Crippen LogP contribution in [0.25, 0.3) is 0 Å². The van der Waals surface area contributed by atoms with Crippen molar-refractivity contribution in [3.05, 3.63) is 35.6 Å². The van der Waals surface area contributed by atoms with E-state index in [2.05, 4.69) is 5.32 Å². The molecule has 1 heterocycles. The zero-order valence-electron chi connectivity index (χ0n) is 10.9. The Morgan fingerprint density at radius 1 is 1.53 bits per heavy atom. The number of carbonyl (C=O) groups excluding carboxylic acids is 2. The molecule has 2 amide bonds. The molecule has 0 bridgehead atoms. The van der Waals surface area contributed by atoms with E-state index >= 15 is 0 Å². The lowest BCUT2D eigenvalue weighted by Crippen LogP contribution is -2.57. The number of hydrogen-bond acceptors (Lipinski definition) is 2. The van der Waals surface area contributed by atoms with Crippen LogP contribution in [0.1, 0.15) is 18.9 Å². The van der Waals surface area contributed by atoms with Gasteiger partial charge in [0.05, 0.1) is 6.42 Å². The first-order chi connectivity index (χ1) is 9.11. The molecule has 1 aliphatic rings. The Kier molecular flexibility index (Phi) is 4.14. The average molecular weight is 264 g/mol. The summed E-state index contributed by atoms with van der Waals surface area (Å²) >= 11 is 0. The van der Waals surface area contributed by atoms with Gasteiger partial charge in [0, 0.05) is 13.1 Å². The Morgan fingerprint density at radius 2 is 2.32 bits per heavy atom. The van der Waals surface area contributed by atoms with Crippen LogP contribution in [-0.2, 0) is 16.0 Å². The lowest BCUT2D eigenvalue weighted by molar-refractivity contribution is -0.142. The van der Waals surface area contributed by atoms with Crippen LogP contribution in [0.2, 0.25) is 0 Å². The first-order valence-electron chi connectivity index (χ1n) is 6.43. The molecule has 1 saturated heterocycles. The third-order valence-corrected chi connectivity index (χ3v) is 3.28. The summed E-state index contributed by atoms with van der Waals surface area (Å²) in [6, 6.07) is 5.58. The van der Waals surface area contributed by atoms with Crippen LogP contribution in [0.4, 0.5) is 4.39 Å². The highest BCUT2D eigenvalue weighted by atomic mass is 19.1. The predicted molar refractivity (Wildman–Crippen MR) is 68.9 cm³/mol. The minimum atomic E-state index is -0.408. The predicted octanol–water partition coefficient (Wildman–Crippen LogP) is 1.11.